The van der Waals surface area contributed by atoms with E-state index in [9.17, 15) is 9.90 Å². The number of aromatic nitrogens is 2. The summed E-state index contributed by atoms with van der Waals surface area (Å²) in [5.41, 5.74) is 3.09. The van der Waals surface area contributed by atoms with Crippen molar-refractivity contribution in [1.82, 2.24) is 14.3 Å². The first-order chi connectivity index (χ1) is 11.1. The molecule has 2 aromatic heterocycles. The standard InChI is InChI=1S/C18H23N3O2/c1-12-6-7-17-19-14(10-20(17)9-12)11-21-15-5-3-2-4-13(15)8-16(21)18(22)23/h6-7,9-10,13,15-16H,2-5,8,11H2,1H3,(H,22,23)/t13-,15-,16+/m1/s1. The Morgan fingerprint density at radius 2 is 2.13 bits per heavy atom. The number of hydrogen-bond donors (Lipinski definition) is 1. The summed E-state index contributed by atoms with van der Waals surface area (Å²) in [6, 6.07) is 4.13. The highest BCUT2D eigenvalue weighted by Crippen LogP contribution is 2.40. The molecule has 5 heteroatoms. The molecule has 2 aromatic rings. The molecule has 23 heavy (non-hydrogen) atoms. The topological polar surface area (TPSA) is 57.8 Å². The molecule has 3 atom stereocenters. The first-order valence-electron chi connectivity index (χ1n) is 8.54. The molecule has 1 saturated carbocycles. The van der Waals surface area contributed by atoms with Crippen molar-refractivity contribution < 1.29 is 9.90 Å². The number of pyridine rings is 1. The molecule has 1 saturated heterocycles. The highest BCUT2D eigenvalue weighted by atomic mass is 16.4. The van der Waals surface area contributed by atoms with E-state index in [0.717, 1.165) is 24.2 Å². The van der Waals surface area contributed by atoms with Gasteiger partial charge in [-0.25, -0.2) is 4.98 Å². The minimum Gasteiger partial charge on any atom is -0.480 e. The molecule has 3 heterocycles. The molecule has 0 amide bonds. The minimum absolute atomic E-state index is 0.352. The lowest BCUT2D eigenvalue weighted by molar-refractivity contribution is -0.142. The van der Waals surface area contributed by atoms with Gasteiger partial charge in [-0.15, -0.1) is 0 Å². The molecule has 0 spiro atoms. The average Bonchev–Trinajstić information content (AvgIpc) is 3.08. The SMILES string of the molecule is Cc1ccc2nc(CN3[C@@H]4CCCC[C@@H]4C[C@H]3C(=O)O)cn2c1. The van der Waals surface area contributed by atoms with Crippen LogP contribution in [0.4, 0.5) is 0 Å². The minimum atomic E-state index is -0.681. The molecule has 2 fully saturated rings. The number of aryl methyl sites for hydroxylation is 1. The summed E-state index contributed by atoms with van der Waals surface area (Å²) in [7, 11) is 0. The Balaban J connectivity index is 1.62. The maximum Gasteiger partial charge on any atom is 0.320 e. The fourth-order valence-electron chi connectivity index (χ4n) is 4.44. The smallest absolute Gasteiger partial charge is 0.320 e. The third-order valence-electron chi connectivity index (χ3n) is 5.50. The summed E-state index contributed by atoms with van der Waals surface area (Å²) in [5.74, 6) is -0.136. The number of likely N-dealkylation sites (tertiary alicyclic amines) is 1. The van der Waals surface area contributed by atoms with E-state index in [1.807, 2.05) is 16.7 Å². The molecule has 0 radical (unpaired) electrons. The fourth-order valence-corrected chi connectivity index (χ4v) is 4.44. The molecule has 2 aliphatic rings. The number of fused-ring (bicyclic) bond motifs is 2. The Morgan fingerprint density at radius 3 is 2.96 bits per heavy atom. The number of rotatable bonds is 3. The highest BCUT2D eigenvalue weighted by molar-refractivity contribution is 5.74. The van der Waals surface area contributed by atoms with Crippen molar-refractivity contribution in [2.75, 3.05) is 0 Å². The van der Waals surface area contributed by atoms with Crippen LogP contribution in [0.25, 0.3) is 5.65 Å². The van der Waals surface area contributed by atoms with Crippen LogP contribution in [0.5, 0.6) is 0 Å². The van der Waals surface area contributed by atoms with E-state index >= 15 is 0 Å². The van der Waals surface area contributed by atoms with Crippen LogP contribution in [0.2, 0.25) is 0 Å². The Kier molecular flexibility index (Phi) is 3.60. The summed E-state index contributed by atoms with van der Waals surface area (Å²) in [6.45, 7) is 2.70. The van der Waals surface area contributed by atoms with E-state index in [1.165, 1.54) is 24.8 Å². The van der Waals surface area contributed by atoms with Gasteiger partial charge in [0.25, 0.3) is 0 Å². The first kappa shape index (κ1) is 14.7. The normalized spacial score (nSPS) is 28.1. The molecule has 1 N–H and O–H groups in total. The maximum atomic E-state index is 11.7. The summed E-state index contributed by atoms with van der Waals surface area (Å²) in [6.07, 6.45) is 9.66. The van der Waals surface area contributed by atoms with E-state index in [1.54, 1.807) is 0 Å². The van der Waals surface area contributed by atoms with Crippen molar-refractivity contribution in [3.05, 3.63) is 35.8 Å². The van der Waals surface area contributed by atoms with Crippen molar-refractivity contribution >= 4 is 11.6 Å². The molecule has 0 aromatic carbocycles. The number of carbonyl (C=O) groups is 1. The van der Waals surface area contributed by atoms with Gasteiger partial charge in [-0.3, -0.25) is 9.69 Å². The summed E-state index contributed by atoms with van der Waals surface area (Å²) in [4.78, 5) is 18.6. The lowest BCUT2D eigenvalue weighted by atomic mass is 9.85. The van der Waals surface area contributed by atoms with Gasteiger partial charge in [-0.2, -0.15) is 0 Å². The van der Waals surface area contributed by atoms with Gasteiger partial charge >= 0.3 is 5.97 Å². The molecular weight excluding hydrogens is 290 g/mol. The predicted molar refractivity (Wildman–Crippen MR) is 87.3 cm³/mol. The van der Waals surface area contributed by atoms with Gasteiger partial charge < -0.3 is 9.51 Å². The number of carboxylic acids is 1. The van der Waals surface area contributed by atoms with Gasteiger partial charge in [0.05, 0.1) is 5.69 Å². The molecule has 122 valence electrons. The van der Waals surface area contributed by atoms with Crippen LogP contribution in [0.15, 0.2) is 24.5 Å². The van der Waals surface area contributed by atoms with Crippen LogP contribution in [-0.4, -0.2) is 37.4 Å². The second kappa shape index (κ2) is 5.64. The van der Waals surface area contributed by atoms with E-state index in [0.29, 0.717) is 18.5 Å². The average molecular weight is 313 g/mol. The Bertz CT molecular complexity index is 739. The quantitative estimate of drug-likeness (QED) is 0.946. The first-order valence-corrected chi connectivity index (χ1v) is 8.54. The van der Waals surface area contributed by atoms with Crippen LogP contribution in [-0.2, 0) is 11.3 Å². The maximum absolute atomic E-state index is 11.7. The van der Waals surface area contributed by atoms with E-state index in [-0.39, 0.29) is 6.04 Å². The zero-order chi connectivity index (χ0) is 16.0. The van der Waals surface area contributed by atoms with Crippen LogP contribution in [0.1, 0.15) is 43.4 Å². The summed E-state index contributed by atoms with van der Waals surface area (Å²) >= 11 is 0. The Labute approximate surface area is 135 Å². The number of nitrogens with zero attached hydrogens (tertiary/aromatic N) is 3. The second-order valence-electron chi connectivity index (χ2n) is 7.08. The van der Waals surface area contributed by atoms with Gasteiger partial charge in [0.1, 0.15) is 11.7 Å². The van der Waals surface area contributed by atoms with Crippen molar-refractivity contribution in [2.45, 2.75) is 57.7 Å². The summed E-state index contributed by atoms with van der Waals surface area (Å²) in [5, 5.41) is 9.62. The Hall–Kier alpha value is -1.88. The predicted octanol–water partition coefficient (Wildman–Crippen LogP) is 2.86. The molecule has 0 unspecified atom stereocenters. The van der Waals surface area contributed by atoms with E-state index < -0.39 is 5.97 Å². The van der Waals surface area contributed by atoms with E-state index in [2.05, 4.69) is 29.1 Å². The van der Waals surface area contributed by atoms with Gasteiger partial charge in [0.2, 0.25) is 0 Å². The Morgan fingerprint density at radius 1 is 1.30 bits per heavy atom. The van der Waals surface area contributed by atoms with Gasteiger partial charge in [0.15, 0.2) is 0 Å². The highest BCUT2D eigenvalue weighted by Gasteiger charge is 2.45. The fraction of sp³-hybridized carbons (Fsp3) is 0.556. The van der Waals surface area contributed by atoms with Crippen LogP contribution < -0.4 is 0 Å². The van der Waals surface area contributed by atoms with Crippen LogP contribution in [0, 0.1) is 12.8 Å². The van der Waals surface area contributed by atoms with Gasteiger partial charge in [-0.1, -0.05) is 18.9 Å². The second-order valence-corrected chi connectivity index (χ2v) is 7.08. The third kappa shape index (κ3) is 2.63. The summed E-state index contributed by atoms with van der Waals surface area (Å²) < 4.78 is 2.04. The molecule has 5 nitrogen and oxygen atoms in total. The molecule has 0 bridgehead atoms. The lowest BCUT2D eigenvalue weighted by Crippen LogP contribution is -2.41. The van der Waals surface area contributed by atoms with Gasteiger partial charge in [0, 0.05) is 25.0 Å². The van der Waals surface area contributed by atoms with E-state index in [4.69, 9.17) is 0 Å². The zero-order valence-corrected chi connectivity index (χ0v) is 13.5. The lowest BCUT2D eigenvalue weighted by Gasteiger charge is -2.32. The monoisotopic (exact) mass is 313 g/mol. The molecule has 4 rings (SSSR count). The van der Waals surface area contributed by atoms with Crippen molar-refractivity contribution in [1.29, 1.82) is 0 Å². The number of aliphatic carboxylic acids is 1. The number of hydrogen-bond acceptors (Lipinski definition) is 3. The van der Waals surface area contributed by atoms with Crippen LogP contribution >= 0.6 is 0 Å². The molecular formula is C18H23N3O2. The van der Waals surface area contributed by atoms with Gasteiger partial charge in [-0.05, 0) is 43.7 Å². The zero-order valence-electron chi connectivity index (χ0n) is 13.5. The third-order valence-corrected chi connectivity index (χ3v) is 5.50. The largest absolute Gasteiger partial charge is 0.480 e. The van der Waals surface area contributed by atoms with Crippen molar-refractivity contribution in [2.24, 2.45) is 5.92 Å². The van der Waals surface area contributed by atoms with Crippen molar-refractivity contribution in [3.63, 3.8) is 0 Å². The molecule has 1 aliphatic heterocycles. The number of carboxylic acid groups (broad SMARTS) is 1. The van der Waals surface area contributed by atoms with Crippen molar-refractivity contribution in [3.8, 4) is 0 Å². The molecule has 1 aliphatic carbocycles. The van der Waals surface area contributed by atoms with Crippen LogP contribution in [0.3, 0.4) is 0 Å². The number of imidazole rings is 1.